The summed E-state index contributed by atoms with van der Waals surface area (Å²) in [5.74, 6) is -0.147. The molecule has 0 radical (unpaired) electrons. The highest BCUT2D eigenvalue weighted by Crippen LogP contribution is 2.25. The van der Waals surface area contributed by atoms with E-state index in [0.717, 1.165) is 37.1 Å². The fourth-order valence-electron chi connectivity index (χ4n) is 4.15. The number of hydrogen-bond acceptors (Lipinski definition) is 3. The number of piperazine rings is 1. The highest BCUT2D eigenvalue weighted by Gasteiger charge is 2.24. The molecule has 24 heavy (non-hydrogen) atoms. The number of aromatic nitrogens is 1. The summed E-state index contributed by atoms with van der Waals surface area (Å²) in [6.45, 7) is 11.2. The van der Waals surface area contributed by atoms with Crippen LogP contribution in [0.5, 0.6) is 0 Å². The van der Waals surface area contributed by atoms with Crippen molar-refractivity contribution in [1.82, 2.24) is 19.3 Å². The van der Waals surface area contributed by atoms with Crippen molar-refractivity contribution in [2.24, 2.45) is 0 Å². The molecular weight excluding hydrogens is 303 g/mol. The van der Waals surface area contributed by atoms with Crippen LogP contribution in [0, 0.1) is 5.82 Å². The van der Waals surface area contributed by atoms with Gasteiger partial charge in [0.2, 0.25) is 0 Å². The van der Waals surface area contributed by atoms with Crippen LogP contribution in [0.25, 0.3) is 10.9 Å². The zero-order valence-electron chi connectivity index (χ0n) is 14.7. The Balaban J connectivity index is 1.43. The van der Waals surface area contributed by atoms with Crippen LogP contribution in [0.1, 0.15) is 12.6 Å². The van der Waals surface area contributed by atoms with Gasteiger partial charge < -0.3 is 9.47 Å². The lowest BCUT2D eigenvalue weighted by atomic mass is 10.2. The van der Waals surface area contributed by atoms with E-state index in [1.807, 2.05) is 6.07 Å². The standard InChI is InChI=1S/C19H27FN4/c1-15(23-8-5-21(2)6-9-23)13-22-7-10-24-18(14-22)12-16-11-17(20)3-4-19(16)24/h3-4,11-12,15H,5-10,13-14H2,1-2H3. The molecule has 1 unspecified atom stereocenters. The van der Waals surface area contributed by atoms with Gasteiger partial charge in [-0.3, -0.25) is 9.80 Å². The van der Waals surface area contributed by atoms with Crippen molar-refractivity contribution in [2.75, 3.05) is 46.3 Å². The predicted octanol–water partition coefficient (Wildman–Crippen LogP) is 2.23. The van der Waals surface area contributed by atoms with Crippen LogP contribution in [-0.2, 0) is 13.1 Å². The number of fused-ring (bicyclic) bond motifs is 3. The molecule has 0 amide bonds. The Morgan fingerprint density at radius 3 is 2.62 bits per heavy atom. The van der Waals surface area contributed by atoms with E-state index in [0.29, 0.717) is 6.04 Å². The van der Waals surface area contributed by atoms with Gasteiger partial charge in [0.25, 0.3) is 0 Å². The molecule has 2 aromatic rings. The van der Waals surface area contributed by atoms with Crippen LogP contribution in [0.3, 0.4) is 0 Å². The molecule has 0 aliphatic carbocycles. The van der Waals surface area contributed by atoms with E-state index < -0.39 is 0 Å². The van der Waals surface area contributed by atoms with Crippen LogP contribution in [-0.4, -0.2) is 71.6 Å². The first-order chi connectivity index (χ1) is 11.6. The first-order valence-electron chi connectivity index (χ1n) is 9.03. The maximum Gasteiger partial charge on any atom is 0.123 e. The Morgan fingerprint density at radius 2 is 1.83 bits per heavy atom. The monoisotopic (exact) mass is 330 g/mol. The van der Waals surface area contributed by atoms with Gasteiger partial charge in [0.15, 0.2) is 0 Å². The van der Waals surface area contributed by atoms with Crippen LogP contribution >= 0.6 is 0 Å². The molecule has 4 nitrogen and oxygen atoms in total. The van der Waals surface area contributed by atoms with Crippen molar-refractivity contribution in [1.29, 1.82) is 0 Å². The average Bonchev–Trinajstić information content (AvgIpc) is 2.91. The second-order valence-corrected chi connectivity index (χ2v) is 7.41. The zero-order chi connectivity index (χ0) is 16.7. The summed E-state index contributed by atoms with van der Waals surface area (Å²) in [6.07, 6.45) is 0. The van der Waals surface area contributed by atoms with Gasteiger partial charge in [0.05, 0.1) is 0 Å². The largest absolute Gasteiger partial charge is 0.342 e. The first-order valence-corrected chi connectivity index (χ1v) is 9.03. The maximum absolute atomic E-state index is 13.5. The van der Waals surface area contributed by atoms with E-state index in [4.69, 9.17) is 0 Å². The van der Waals surface area contributed by atoms with Crippen LogP contribution < -0.4 is 0 Å². The summed E-state index contributed by atoms with van der Waals surface area (Å²) >= 11 is 0. The van der Waals surface area contributed by atoms with Crippen molar-refractivity contribution in [3.8, 4) is 0 Å². The maximum atomic E-state index is 13.5. The summed E-state index contributed by atoms with van der Waals surface area (Å²) in [5.41, 5.74) is 2.48. The van der Waals surface area contributed by atoms with E-state index in [1.54, 1.807) is 12.1 Å². The van der Waals surface area contributed by atoms with E-state index >= 15 is 0 Å². The van der Waals surface area contributed by atoms with Crippen molar-refractivity contribution >= 4 is 10.9 Å². The second-order valence-electron chi connectivity index (χ2n) is 7.41. The van der Waals surface area contributed by atoms with Crippen LogP contribution in [0.2, 0.25) is 0 Å². The molecule has 2 aliphatic rings. The smallest absolute Gasteiger partial charge is 0.123 e. The molecule has 1 saturated heterocycles. The molecule has 0 spiro atoms. The van der Waals surface area contributed by atoms with Gasteiger partial charge in [-0.2, -0.15) is 0 Å². The second kappa shape index (κ2) is 6.47. The highest BCUT2D eigenvalue weighted by atomic mass is 19.1. The normalized spacial score (nSPS) is 22.0. The van der Waals surface area contributed by atoms with Gasteiger partial charge in [-0.15, -0.1) is 0 Å². The Hall–Kier alpha value is -1.43. The van der Waals surface area contributed by atoms with Crippen LogP contribution in [0.15, 0.2) is 24.3 Å². The molecular formula is C19H27FN4. The molecule has 4 rings (SSSR count). The lowest BCUT2D eigenvalue weighted by molar-refractivity contribution is 0.0861. The average molecular weight is 330 g/mol. The molecule has 3 heterocycles. The van der Waals surface area contributed by atoms with Gasteiger partial charge in [-0.1, -0.05) is 0 Å². The summed E-state index contributed by atoms with van der Waals surface area (Å²) in [4.78, 5) is 7.56. The minimum absolute atomic E-state index is 0.147. The van der Waals surface area contributed by atoms with Crippen molar-refractivity contribution in [3.63, 3.8) is 0 Å². The molecule has 0 N–H and O–H groups in total. The first kappa shape index (κ1) is 16.1. The Kier molecular flexibility index (Phi) is 4.33. The quantitative estimate of drug-likeness (QED) is 0.858. The third-order valence-corrected chi connectivity index (χ3v) is 5.66. The molecule has 1 atom stereocenters. The third-order valence-electron chi connectivity index (χ3n) is 5.66. The molecule has 1 fully saturated rings. The van der Waals surface area contributed by atoms with Crippen molar-refractivity contribution < 1.29 is 4.39 Å². The molecule has 5 heteroatoms. The Labute approximate surface area is 143 Å². The Morgan fingerprint density at radius 1 is 1.04 bits per heavy atom. The van der Waals surface area contributed by atoms with E-state index in [9.17, 15) is 4.39 Å². The summed E-state index contributed by atoms with van der Waals surface area (Å²) < 4.78 is 15.8. The molecule has 0 bridgehead atoms. The lowest BCUT2D eigenvalue weighted by Gasteiger charge is -2.39. The number of hydrogen-bond donors (Lipinski definition) is 0. The number of likely N-dealkylation sites (N-methyl/N-ethyl adjacent to an activating group) is 1. The SMILES string of the molecule is CC(CN1CCn2c(cc3cc(F)ccc32)C1)N1CCN(C)CC1. The van der Waals surface area contributed by atoms with Gasteiger partial charge in [-0.05, 0) is 38.2 Å². The van der Waals surface area contributed by atoms with E-state index in [2.05, 4.69) is 39.3 Å². The zero-order valence-corrected chi connectivity index (χ0v) is 14.7. The fraction of sp³-hybridized carbons (Fsp3) is 0.579. The van der Waals surface area contributed by atoms with Crippen LogP contribution in [0.4, 0.5) is 4.39 Å². The van der Waals surface area contributed by atoms with E-state index in [-0.39, 0.29) is 5.82 Å². The van der Waals surface area contributed by atoms with Crippen molar-refractivity contribution in [2.45, 2.75) is 26.1 Å². The minimum Gasteiger partial charge on any atom is -0.342 e. The topological polar surface area (TPSA) is 14.7 Å². The Bertz CT molecular complexity index is 717. The van der Waals surface area contributed by atoms with Gasteiger partial charge in [0.1, 0.15) is 5.82 Å². The predicted molar refractivity (Wildman–Crippen MR) is 95.7 cm³/mol. The summed E-state index contributed by atoms with van der Waals surface area (Å²) in [7, 11) is 2.20. The van der Waals surface area contributed by atoms with E-state index in [1.165, 1.54) is 31.9 Å². The molecule has 2 aliphatic heterocycles. The number of rotatable bonds is 3. The summed E-state index contributed by atoms with van der Waals surface area (Å²) in [5, 5.41) is 1.03. The third kappa shape index (κ3) is 3.08. The number of nitrogens with zero attached hydrogens (tertiary/aromatic N) is 4. The summed E-state index contributed by atoms with van der Waals surface area (Å²) in [6, 6.07) is 7.88. The lowest BCUT2D eigenvalue weighted by Crippen LogP contribution is -2.51. The number of benzene rings is 1. The molecule has 1 aromatic carbocycles. The number of halogens is 1. The molecule has 0 saturated carbocycles. The van der Waals surface area contributed by atoms with Crippen molar-refractivity contribution in [3.05, 3.63) is 35.8 Å². The van der Waals surface area contributed by atoms with Gasteiger partial charge >= 0.3 is 0 Å². The fourth-order valence-corrected chi connectivity index (χ4v) is 4.15. The molecule has 1 aromatic heterocycles. The highest BCUT2D eigenvalue weighted by molar-refractivity contribution is 5.81. The van der Waals surface area contributed by atoms with Gasteiger partial charge in [-0.25, -0.2) is 4.39 Å². The minimum atomic E-state index is -0.147. The molecule has 130 valence electrons. The van der Waals surface area contributed by atoms with Gasteiger partial charge in [0, 0.05) is 75.0 Å².